The van der Waals surface area contributed by atoms with Crippen LogP contribution in [0.4, 0.5) is 0 Å². The highest BCUT2D eigenvalue weighted by Gasteiger charge is 2.66. The van der Waals surface area contributed by atoms with Gasteiger partial charge in [0.05, 0.1) is 23.2 Å². The second-order valence-electron chi connectivity index (χ2n) is 11.6. The summed E-state index contributed by atoms with van der Waals surface area (Å²) in [7, 11) is 0. The van der Waals surface area contributed by atoms with E-state index in [0.717, 1.165) is 22.4 Å². The number of imide groups is 1. The maximum atomic E-state index is 14.2. The number of allylic oxidation sites excluding steroid dienone is 2. The quantitative estimate of drug-likeness (QED) is 0.167. The molecule has 5 unspecified atom stereocenters. The van der Waals surface area contributed by atoms with E-state index in [1.165, 1.54) is 4.90 Å². The Bertz CT molecular complexity index is 1660. The summed E-state index contributed by atoms with van der Waals surface area (Å²) in [4.78, 5) is 39.0. The van der Waals surface area contributed by atoms with Crippen molar-refractivity contribution in [2.45, 2.75) is 18.4 Å². The van der Waals surface area contributed by atoms with Crippen LogP contribution in [0.1, 0.15) is 35.4 Å². The number of likely N-dealkylation sites (tertiary alicyclic amines) is 1. The predicted molar refractivity (Wildman–Crippen MR) is 165 cm³/mol. The zero-order valence-electron chi connectivity index (χ0n) is 24.2. The average Bonchev–Trinajstić information content (AvgIpc) is 3.69. The lowest BCUT2D eigenvalue weighted by molar-refractivity contribution is -0.140. The third-order valence-corrected chi connectivity index (χ3v) is 9.33. The third-order valence-electron chi connectivity index (χ3n) is 9.33. The van der Waals surface area contributed by atoms with Crippen LogP contribution in [0.2, 0.25) is 0 Å². The van der Waals surface area contributed by atoms with Crippen LogP contribution in [-0.4, -0.2) is 50.0 Å². The van der Waals surface area contributed by atoms with Gasteiger partial charge in [-0.1, -0.05) is 78.9 Å². The molecular weight excluding hydrogens is 550 g/mol. The molecule has 0 spiro atoms. The number of rotatable bonds is 9. The van der Waals surface area contributed by atoms with Crippen LogP contribution < -0.4 is 0 Å². The average molecular weight is 584 g/mol. The summed E-state index contributed by atoms with van der Waals surface area (Å²) < 4.78 is 0. The van der Waals surface area contributed by atoms with Gasteiger partial charge in [0.1, 0.15) is 0 Å². The van der Waals surface area contributed by atoms with E-state index in [0.29, 0.717) is 29.7 Å². The van der Waals surface area contributed by atoms with E-state index in [1.54, 1.807) is 18.5 Å². The maximum Gasteiger partial charge on any atom is 0.234 e. The minimum absolute atomic E-state index is 0.00557. The van der Waals surface area contributed by atoms with E-state index >= 15 is 0 Å². The van der Waals surface area contributed by atoms with E-state index in [1.807, 2.05) is 97.1 Å². The summed E-state index contributed by atoms with van der Waals surface area (Å²) in [6, 6.07) is 30.6. The van der Waals surface area contributed by atoms with Crippen molar-refractivity contribution in [2.75, 3.05) is 13.2 Å². The van der Waals surface area contributed by atoms with E-state index in [-0.39, 0.29) is 25.0 Å². The van der Waals surface area contributed by atoms with E-state index in [2.05, 4.69) is 4.98 Å². The Morgan fingerprint density at radius 1 is 0.773 bits per heavy atom. The predicted octanol–water partition coefficient (Wildman–Crippen LogP) is 4.77. The second-order valence-corrected chi connectivity index (χ2v) is 11.6. The monoisotopic (exact) mass is 583 g/mol. The lowest BCUT2D eigenvalue weighted by Crippen LogP contribution is -2.38. The lowest BCUT2D eigenvalue weighted by atomic mass is 9.71. The highest BCUT2D eigenvalue weighted by Crippen LogP contribution is 2.64. The molecule has 2 N–H and O–H groups in total. The number of hydrogen-bond donors (Lipinski definition) is 2. The molecule has 0 radical (unpaired) electrons. The van der Waals surface area contributed by atoms with Crippen LogP contribution in [-0.2, 0) is 15.2 Å². The van der Waals surface area contributed by atoms with Gasteiger partial charge in [0.25, 0.3) is 0 Å². The van der Waals surface area contributed by atoms with Gasteiger partial charge in [-0.15, -0.1) is 0 Å². The molecule has 44 heavy (non-hydrogen) atoms. The first-order valence-electron chi connectivity index (χ1n) is 15.1. The minimum Gasteiger partial charge on any atom is -0.396 e. The molecule has 4 aromatic rings. The molecule has 1 saturated heterocycles. The van der Waals surface area contributed by atoms with Gasteiger partial charge in [-0.05, 0) is 59.4 Å². The van der Waals surface area contributed by atoms with Crippen LogP contribution in [0, 0.1) is 23.7 Å². The van der Waals surface area contributed by atoms with Crippen molar-refractivity contribution in [3.05, 3.63) is 149 Å². The Hall–Kier alpha value is -4.72. The van der Waals surface area contributed by atoms with Gasteiger partial charge in [0.15, 0.2) is 5.60 Å². The summed E-state index contributed by atoms with van der Waals surface area (Å²) in [6.07, 6.45) is 6.48. The zero-order chi connectivity index (χ0) is 30.3. The Morgan fingerprint density at radius 2 is 1.43 bits per heavy atom. The Labute approximate surface area is 256 Å². The number of aromatic nitrogens is 2. The van der Waals surface area contributed by atoms with Gasteiger partial charge in [0, 0.05) is 43.0 Å². The molecule has 2 aliphatic carbocycles. The molecule has 5 atom stereocenters. The molecule has 2 fully saturated rings. The molecule has 2 amide bonds. The number of aliphatic hydroxyl groups is 2. The first-order valence-corrected chi connectivity index (χ1v) is 15.1. The van der Waals surface area contributed by atoms with Gasteiger partial charge >= 0.3 is 0 Å². The SMILES string of the molecule is O=C1C2C3C=C(C(O)(c4ccccc4)c4ccccn4)C(C3=C(c3ccccc3)c3ccccn3)C2C(=O)N1CCCCO. The first kappa shape index (κ1) is 28.1. The molecule has 7 rings (SSSR count). The number of carbonyl (C=O) groups excluding carboxylic acids is 2. The van der Waals surface area contributed by atoms with Crippen molar-refractivity contribution in [1.82, 2.24) is 14.9 Å². The van der Waals surface area contributed by atoms with Crippen molar-refractivity contribution in [1.29, 1.82) is 0 Å². The number of benzene rings is 2. The molecule has 2 aromatic carbocycles. The number of hydrogen-bond acceptors (Lipinski definition) is 6. The van der Waals surface area contributed by atoms with Crippen molar-refractivity contribution < 1.29 is 19.8 Å². The molecule has 7 nitrogen and oxygen atoms in total. The smallest absolute Gasteiger partial charge is 0.234 e. The van der Waals surface area contributed by atoms with E-state index in [9.17, 15) is 19.8 Å². The Morgan fingerprint density at radius 3 is 2.09 bits per heavy atom. The van der Waals surface area contributed by atoms with E-state index < -0.39 is 29.3 Å². The Balaban J connectivity index is 1.47. The maximum absolute atomic E-state index is 14.2. The molecule has 3 heterocycles. The number of aliphatic hydroxyl groups excluding tert-OH is 1. The van der Waals surface area contributed by atoms with E-state index in [4.69, 9.17) is 4.98 Å². The fourth-order valence-electron chi connectivity index (χ4n) is 7.51. The zero-order valence-corrected chi connectivity index (χ0v) is 24.2. The molecule has 3 aliphatic rings. The second kappa shape index (κ2) is 11.4. The summed E-state index contributed by atoms with van der Waals surface area (Å²) in [5.74, 6) is -2.64. The van der Waals surface area contributed by atoms with Crippen molar-refractivity contribution in [3.63, 3.8) is 0 Å². The van der Waals surface area contributed by atoms with Crippen molar-refractivity contribution in [2.24, 2.45) is 23.7 Å². The van der Waals surface area contributed by atoms with Gasteiger partial charge in [-0.25, -0.2) is 0 Å². The largest absolute Gasteiger partial charge is 0.396 e. The number of carbonyl (C=O) groups is 2. The van der Waals surface area contributed by atoms with Crippen LogP contribution in [0.15, 0.2) is 127 Å². The highest BCUT2D eigenvalue weighted by atomic mass is 16.3. The topological polar surface area (TPSA) is 104 Å². The molecule has 2 bridgehead atoms. The Kier molecular flexibility index (Phi) is 7.28. The fraction of sp³-hybridized carbons (Fsp3) is 0.243. The minimum atomic E-state index is -1.64. The van der Waals surface area contributed by atoms with Crippen LogP contribution in [0.25, 0.3) is 5.57 Å². The van der Waals surface area contributed by atoms with Gasteiger partial charge < -0.3 is 10.2 Å². The fourth-order valence-corrected chi connectivity index (χ4v) is 7.51. The molecule has 220 valence electrons. The molecule has 1 aliphatic heterocycles. The number of amides is 2. The molecule has 2 aromatic heterocycles. The number of unbranched alkanes of at least 4 members (excludes halogenated alkanes) is 1. The van der Waals surface area contributed by atoms with Crippen LogP contribution in [0.3, 0.4) is 0 Å². The van der Waals surface area contributed by atoms with Crippen LogP contribution in [0.5, 0.6) is 0 Å². The van der Waals surface area contributed by atoms with Crippen molar-refractivity contribution >= 4 is 17.4 Å². The summed E-state index contributed by atoms with van der Waals surface area (Å²) in [5.41, 5.74) is 3.61. The van der Waals surface area contributed by atoms with Crippen molar-refractivity contribution in [3.8, 4) is 0 Å². The number of nitrogens with zero attached hydrogens (tertiary/aromatic N) is 3. The standard InChI is InChI=1S/C37H33N3O4/c41-22-12-11-21-40-35(42)32-26-23-27(37(44,25-15-5-2-6-16-25)29-18-8-10-20-39-29)33(34(32)36(40)43)31(26)30(24-13-3-1-4-14-24)28-17-7-9-19-38-28/h1-10,13-20,23,26,32-34,41,44H,11-12,21-22H2. The van der Waals surface area contributed by atoms with Gasteiger partial charge in [0.2, 0.25) is 11.8 Å². The molecule has 7 heteroatoms. The summed E-state index contributed by atoms with van der Waals surface area (Å²) in [6.45, 7) is 0.277. The summed E-state index contributed by atoms with van der Waals surface area (Å²) >= 11 is 0. The highest BCUT2D eigenvalue weighted by molar-refractivity contribution is 6.08. The normalized spacial score (nSPS) is 24.7. The molecule has 1 saturated carbocycles. The number of fused-ring (bicyclic) bond motifs is 5. The lowest BCUT2D eigenvalue weighted by Gasteiger charge is -2.36. The summed E-state index contributed by atoms with van der Waals surface area (Å²) in [5, 5.41) is 22.3. The van der Waals surface area contributed by atoms with Gasteiger partial charge in [-0.3, -0.25) is 24.5 Å². The van der Waals surface area contributed by atoms with Gasteiger partial charge in [-0.2, -0.15) is 0 Å². The van der Waals surface area contributed by atoms with Crippen LogP contribution >= 0.6 is 0 Å². The third kappa shape index (κ3) is 4.34. The molecular formula is C37H33N3O4. The number of pyridine rings is 2. The first-order chi connectivity index (χ1) is 21.6.